The van der Waals surface area contributed by atoms with Crippen LogP contribution in [-0.4, -0.2) is 0 Å². The van der Waals surface area contributed by atoms with Crippen LogP contribution in [0.15, 0.2) is 559 Å². The molecule has 0 aliphatic rings. The predicted molar refractivity (Wildman–Crippen MR) is 624 cm³/mol. The summed E-state index contributed by atoms with van der Waals surface area (Å²) in [7, 11) is 0. The molecule has 0 saturated heterocycles. The Morgan fingerprint density at radius 2 is 0.286 bits per heavy atom. The van der Waals surface area contributed by atoms with Gasteiger partial charge in [-0.2, -0.15) is 0 Å². The minimum Gasteiger partial charge on any atom is -0.456 e. The van der Waals surface area contributed by atoms with Crippen molar-refractivity contribution < 1.29 is 13.3 Å². The average molecular weight is 1870 g/mol. The van der Waals surface area contributed by atoms with Crippen molar-refractivity contribution in [3.05, 3.63) is 546 Å². The number of rotatable bonds is 12. The molecule has 0 spiro atoms. The number of fused-ring (bicyclic) bond motifs is 18. The van der Waals surface area contributed by atoms with Crippen molar-refractivity contribution in [3.63, 3.8) is 0 Å². The molecule has 0 amide bonds. The van der Waals surface area contributed by atoms with Crippen LogP contribution < -0.4 is 0 Å². The second kappa shape index (κ2) is 36.0. The molecule has 0 radical (unpaired) electrons. The predicted octanol–water partition coefficient (Wildman–Crippen LogP) is 41.1. The zero-order valence-electron chi connectivity index (χ0n) is 80.2. The number of para-hydroxylation sites is 3. The maximum absolute atomic E-state index is 6.19. The molecule has 0 bridgehead atoms. The van der Waals surface area contributed by atoms with E-state index < -0.39 is 0 Å². The molecule has 0 aliphatic heterocycles. The highest BCUT2D eigenvalue weighted by molar-refractivity contribution is 6.27. The summed E-state index contributed by atoms with van der Waals surface area (Å²) in [4.78, 5) is 0. The fourth-order valence-electron chi connectivity index (χ4n) is 23.4. The van der Waals surface area contributed by atoms with Gasteiger partial charge in [-0.1, -0.05) is 467 Å². The maximum Gasteiger partial charge on any atom is 0.135 e. The van der Waals surface area contributed by atoms with E-state index in [4.69, 9.17) is 13.3 Å². The topological polar surface area (TPSA) is 39.4 Å². The molecule has 3 heterocycles. The summed E-state index contributed by atoms with van der Waals surface area (Å²) in [5.41, 5.74) is 34.9. The third kappa shape index (κ3) is 15.0. The van der Waals surface area contributed by atoms with E-state index in [0.29, 0.717) is 0 Å². The Morgan fingerprint density at radius 1 is 0.0884 bits per heavy atom. The van der Waals surface area contributed by atoms with Crippen molar-refractivity contribution in [3.8, 4) is 134 Å². The van der Waals surface area contributed by atoms with Crippen molar-refractivity contribution in [2.45, 2.75) is 0 Å². The Labute approximate surface area is 849 Å². The number of hydrogen-bond acceptors (Lipinski definition) is 3. The smallest absolute Gasteiger partial charge is 0.135 e. The first-order valence-electron chi connectivity index (χ1n) is 50.5. The summed E-state index contributed by atoms with van der Waals surface area (Å²) in [6, 6.07) is 198. The van der Waals surface area contributed by atoms with Crippen molar-refractivity contribution >= 4 is 163 Å². The third-order valence-electron chi connectivity index (χ3n) is 30.2. The Kier molecular flexibility index (Phi) is 21.0. The highest BCUT2D eigenvalue weighted by Crippen LogP contribution is 2.54. The maximum atomic E-state index is 6.19. The number of furan rings is 3. The van der Waals surface area contributed by atoms with Crippen LogP contribution in [0, 0.1) is 0 Å². The number of hydrogen-bond donors (Lipinski definition) is 0. The van der Waals surface area contributed by atoms with Crippen LogP contribution in [0.1, 0.15) is 0 Å². The molecular weight excluding hydrogens is 1780 g/mol. The molecule has 0 fully saturated rings. The second-order valence-electron chi connectivity index (χ2n) is 38.5. The van der Waals surface area contributed by atoms with Gasteiger partial charge >= 0.3 is 0 Å². The van der Waals surface area contributed by atoms with Crippen LogP contribution in [0.5, 0.6) is 0 Å². The second-order valence-corrected chi connectivity index (χ2v) is 38.5. The quantitative estimate of drug-likeness (QED) is 0.114. The fraction of sp³-hybridized carbons (Fsp3) is 0. The van der Waals surface area contributed by atoms with E-state index in [0.717, 1.165) is 65.8 Å². The SMILES string of the molecule is c1cc(-c2ccc3oc4ccccc4c3c2)cc(-c2c3ccccc3c(-c3ccccc3-c3ccc4ccccc4c3)c3ccccc23)c1.c1ccc(-c2c3ccccc3c(-c3ccc(-c4ccc5oc6ccccc6c5c4)cc3)c3ccccc23)c(-c2ccc3ccccc3c2)c1.c1ccc(-c2c3ccccc3c(-c3ccccc3-c3ccc4oc5ccccc5c4c3)c3ccccc23)c(-c2ccc3ccccc3c2)c1. The molecule has 3 nitrogen and oxygen atoms in total. The minimum absolute atomic E-state index is 0.910. The normalized spacial score (nSPS) is 11.7. The van der Waals surface area contributed by atoms with E-state index in [-0.39, 0.29) is 0 Å². The highest BCUT2D eigenvalue weighted by Gasteiger charge is 2.27. The van der Waals surface area contributed by atoms with E-state index in [1.807, 2.05) is 36.4 Å². The molecule has 30 aromatic rings. The molecule has 0 atom stereocenters. The largest absolute Gasteiger partial charge is 0.456 e. The monoisotopic (exact) mass is 1870 g/mol. The summed E-state index contributed by atoms with van der Waals surface area (Å²) in [6.07, 6.45) is 0. The standard InChI is InChI=1S/3C48H30O/c1-2-14-32-29-33(26-25-31(32)13-1)35-15-3-5-18-38(35)47-40-20-7-9-22-42(40)48(43-23-10-8-21-41(43)47)39-19-6-4-16-36(39)34-27-28-46-44(30-34)37-17-11-12-24-45(37)49-46;1-2-13-32-28-35(25-24-31(32)12-1)37-16-3-4-18-39(37)48-42-21-7-5-19-40(42)47(41-20-6-8-22-43(41)48)36-15-11-14-33(29-36)34-26-27-46-44(30-34)38-17-9-10-23-45(38)49-46;1-2-12-34-29-36(26-23-31(34)11-1)37-13-3-4-15-39(37)48-42-18-7-5-16-40(42)47(41-17-6-8-19-43(41)48)33-24-21-32(22-25-33)35-27-28-46-44(30-35)38-14-9-10-20-45(38)49-46/h3*1-30H. The van der Waals surface area contributed by atoms with Crippen molar-refractivity contribution in [1.29, 1.82) is 0 Å². The summed E-state index contributed by atoms with van der Waals surface area (Å²) in [5, 5.41) is 29.4. The van der Waals surface area contributed by atoms with Gasteiger partial charge in [0.05, 0.1) is 0 Å². The van der Waals surface area contributed by atoms with Gasteiger partial charge in [0, 0.05) is 32.3 Å². The van der Waals surface area contributed by atoms with Crippen molar-refractivity contribution in [2.24, 2.45) is 0 Å². The van der Waals surface area contributed by atoms with Gasteiger partial charge in [-0.15, -0.1) is 0 Å². The van der Waals surface area contributed by atoms with E-state index >= 15 is 0 Å². The molecule has 0 saturated carbocycles. The Balaban J connectivity index is 0.000000107. The summed E-state index contributed by atoms with van der Waals surface area (Å²) in [6.45, 7) is 0. The molecule has 30 rings (SSSR count). The molecule has 0 N–H and O–H groups in total. The van der Waals surface area contributed by atoms with E-state index in [9.17, 15) is 0 Å². The van der Waals surface area contributed by atoms with Gasteiger partial charge in [0.15, 0.2) is 0 Å². The van der Waals surface area contributed by atoms with Gasteiger partial charge in [-0.3, -0.25) is 0 Å². The number of benzene rings is 27. The van der Waals surface area contributed by atoms with Crippen LogP contribution in [0.3, 0.4) is 0 Å². The first-order chi connectivity index (χ1) is 72.9. The fourth-order valence-corrected chi connectivity index (χ4v) is 23.4. The zero-order chi connectivity index (χ0) is 96.9. The van der Waals surface area contributed by atoms with Gasteiger partial charge in [-0.05, 0) is 309 Å². The van der Waals surface area contributed by atoms with Gasteiger partial charge in [0.25, 0.3) is 0 Å². The van der Waals surface area contributed by atoms with Gasteiger partial charge in [0.1, 0.15) is 33.5 Å². The van der Waals surface area contributed by atoms with E-state index in [1.165, 1.54) is 230 Å². The molecule has 3 aromatic heterocycles. The lowest BCUT2D eigenvalue weighted by atomic mass is 9.82. The Bertz CT molecular complexity index is 10400. The van der Waals surface area contributed by atoms with E-state index in [1.54, 1.807) is 0 Å². The molecule has 27 aromatic carbocycles. The van der Waals surface area contributed by atoms with E-state index in [2.05, 4.69) is 510 Å². The van der Waals surface area contributed by atoms with Gasteiger partial charge in [0.2, 0.25) is 0 Å². The molecule has 0 aliphatic carbocycles. The Hall–Kier alpha value is -19.3. The summed E-state index contributed by atoms with van der Waals surface area (Å²) in [5.74, 6) is 0. The van der Waals surface area contributed by atoms with Crippen LogP contribution in [0.25, 0.3) is 296 Å². The first-order valence-corrected chi connectivity index (χ1v) is 50.5. The minimum atomic E-state index is 0.910. The zero-order valence-corrected chi connectivity index (χ0v) is 80.2. The third-order valence-corrected chi connectivity index (χ3v) is 30.2. The van der Waals surface area contributed by atoms with Crippen LogP contribution >= 0.6 is 0 Å². The molecular formula is C144H90O3. The van der Waals surface area contributed by atoms with Gasteiger partial charge < -0.3 is 13.3 Å². The van der Waals surface area contributed by atoms with Crippen LogP contribution in [0.4, 0.5) is 0 Å². The Morgan fingerprint density at radius 3 is 0.605 bits per heavy atom. The average Bonchev–Trinajstić information content (AvgIpc) is 1.62. The molecule has 684 valence electrons. The van der Waals surface area contributed by atoms with Crippen molar-refractivity contribution in [1.82, 2.24) is 0 Å². The summed E-state index contributed by atoms with van der Waals surface area (Å²) >= 11 is 0. The lowest BCUT2D eigenvalue weighted by Gasteiger charge is -2.21. The first kappa shape index (κ1) is 85.6. The molecule has 0 unspecified atom stereocenters. The lowest BCUT2D eigenvalue weighted by Crippen LogP contribution is -1.94. The molecule has 3 heteroatoms. The molecule has 147 heavy (non-hydrogen) atoms. The van der Waals surface area contributed by atoms with Crippen LogP contribution in [-0.2, 0) is 0 Å². The van der Waals surface area contributed by atoms with Crippen LogP contribution in [0.2, 0.25) is 0 Å². The van der Waals surface area contributed by atoms with Gasteiger partial charge in [-0.25, -0.2) is 0 Å². The highest BCUT2D eigenvalue weighted by atomic mass is 16.3. The van der Waals surface area contributed by atoms with Crippen molar-refractivity contribution in [2.75, 3.05) is 0 Å². The lowest BCUT2D eigenvalue weighted by molar-refractivity contribution is 0.668. The summed E-state index contributed by atoms with van der Waals surface area (Å²) < 4.78 is 18.4.